The summed E-state index contributed by atoms with van der Waals surface area (Å²) >= 11 is 11.1. The summed E-state index contributed by atoms with van der Waals surface area (Å²) in [5, 5.41) is 0. The maximum atomic E-state index is 11.8. The lowest BCUT2D eigenvalue weighted by Gasteiger charge is -2.19. The van der Waals surface area contributed by atoms with Gasteiger partial charge in [-0.1, -0.05) is 29.3 Å². The van der Waals surface area contributed by atoms with E-state index in [1.54, 1.807) is 12.1 Å². The zero-order valence-electron chi connectivity index (χ0n) is 12.3. The van der Waals surface area contributed by atoms with Crippen molar-refractivity contribution in [2.24, 2.45) is 0 Å². The van der Waals surface area contributed by atoms with Crippen LogP contribution in [0.5, 0.6) is 0 Å². The average Bonchev–Trinajstić information content (AvgIpc) is 2.43. The molecule has 0 aromatic carbocycles. The van der Waals surface area contributed by atoms with Crippen molar-refractivity contribution in [2.75, 3.05) is 11.9 Å². The number of nitrogens with zero attached hydrogens (tertiary/aromatic N) is 2. The average molecular weight is 351 g/mol. The maximum absolute atomic E-state index is 11.8. The second kappa shape index (κ2) is 8.65. The van der Waals surface area contributed by atoms with E-state index in [-0.39, 0.29) is 12.4 Å². The van der Waals surface area contributed by atoms with E-state index >= 15 is 0 Å². The van der Waals surface area contributed by atoms with Crippen LogP contribution in [0.3, 0.4) is 0 Å². The first-order valence-electron chi connectivity index (χ1n) is 6.31. The van der Waals surface area contributed by atoms with Crippen LogP contribution in [-0.4, -0.2) is 35.4 Å². The molecule has 9 heteroatoms. The topological polar surface area (TPSA) is 78.0 Å². The van der Waals surface area contributed by atoms with Gasteiger partial charge in [-0.05, 0) is 19.9 Å². The van der Waals surface area contributed by atoms with Crippen LogP contribution in [0.2, 0.25) is 0 Å². The number of ether oxygens (including phenoxy) is 3. The minimum absolute atomic E-state index is 0.139. The van der Waals surface area contributed by atoms with Gasteiger partial charge in [-0.3, -0.25) is 4.90 Å². The van der Waals surface area contributed by atoms with E-state index in [4.69, 9.17) is 32.7 Å². The van der Waals surface area contributed by atoms with Crippen LogP contribution in [0.4, 0.5) is 15.4 Å². The third kappa shape index (κ3) is 5.95. The van der Waals surface area contributed by atoms with Gasteiger partial charge in [-0.15, -0.1) is 0 Å². The van der Waals surface area contributed by atoms with Crippen LogP contribution in [-0.2, 0) is 20.8 Å². The van der Waals surface area contributed by atoms with Gasteiger partial charge in [0.1, 0.15) is 12.4 Å². The van der Waals surface area contributed by atoms with E-state index in [9.17, 15) is 9.59 Å². The Morgan fingerprint density at radius 3 is 2.50 bits per heavy atom. The highest BCUT2D eigenvalue weighted by Crippen LogP contribution is 2.18. The molecule has 0 bridgehead atoms. The molecule has 22 heavy (non-hydrogen) atoms. The predicted molar refractivity (Wildman–Crippen MR) is 81.0 cm³/mol. The number of hydrogen-bond donors (Lipinski definition) is 0. The second-order valence-corrected chi connectivity index (χ2v) is 5.40. The predicted octanol–water partition coefficient (Wildman–Crippen LogP) is 3.48. The molecule has 2 unspecified atom stereocenters. The Kier molecular flexibility index (Phi) is 7.20. The molecule has 0 aliphatic heterocycles. The molecule has 0 spiro atoms. The summed E-state index contributed by atoms with van der Waals surface area (Å²) in [7, 11) is 1.46. The van der Waals surface area contributed by atoms with Gasteiger partial charge in [0.05, 0.1) is 0 Å². The number of anilines is 1. The molecule has 2 atom stereocenters. The van der Waals surface area contributed by atoms with Crippen molar-refractivity contribution in [2.45, 2.75) is 31.6 Å². The highest BCUT2D eigenvalue weighted by Gasteiger charge is 2.19. The van der Waals surface area contributed by atoms with Crippen LogP contribution in [0, 0.1) is 0 Å². The van der Waals surface area contributed by atoms with E-state index in [1.165, 1.54) is 27.1 Å². The van der Waals surface area contributed by atoms with Crippen LogP contribution in [0.15, 0.2) is 18.3 Å². The first kappa shape index (κ1) is 18.3. The lowest BCUT2D eigenvalue weighted by molar-refractivity contribution is 0.0445. The molecule has 0 fully saturated rings. The monoisotopic (exact) mass is 350 g/mol. The summed E-state index contributed by atoms with van der Waals surface area (Å²) in [6.07, 6.45) is -0.109. The number of amides is 1. The Labute approximate surface area is 138 Å². The largest absolute Gasteiger partial charge is 0.510 e. The highest BCUT2D eigenvalue weighted by atomic mass is 35.5. The Morgan fingerprint density at radius 1 is 1.27 bits per heavy atom. The normalized spacial score (nSPS) is 13.0. The molecular formula is C13H16Cl2N2O5. The van der Waals surface area contributed by atoms with Crippen molar-refractivity contribution in [3.05, 3.63) is 23.9 Å². The van der Waals surface area contributed by atoms with E-state index in [2.05, 4.69) is 9.72 Å². The number of rotatable bonds is 5. The third-order valence-electron chi connectivity index (χ3n) is 2.33. The molecule has 0 N–H and O–H groups in total. The zero-order chi connectivity index (χ0) is 16.7. The van der Waals surface area contributed by atoms with Crippen molar-refractivity contribution < 1.29 is 23.8 Å². The first-order chi connectivity index (χ1) is 10.3. The van der Waals surface area contributed by atoms with Crippen LogP contribution in [0.25, 0.3) is 0 Å². The number of pyridine rings is 1. The number of aromatic nitrogens is 1. The fourth-order valence-electron chi connectivity index (χ4n) is 1.45. The summed E-state index contributed by atoms with van der Waals surface area (Å²) in [5.41, 5.74) is -1.09. The standard InChI is InChI=1S/C13H16Cl2N2O5/c1-8(14)21-12(18)17(3)11-10(5-4-6-16-11)7-20-13(19)22-9(2)15/h4-6,8-9H,7H2,1-3H3. The molecule has 1 aromatic heterocycles. The summed E-state index contributed by atoms with van der Waals surface area (Å²) in [5.74, 6) is 0.275. The van der Waals surface area contributed by atoms with Gasteiger partial charge in [0.2, 0.25) is 0 Å². The molecule has 0 aliphatic carbocycles. The molecule has 1 aromatic rings. The number of alkyl halides is 2. The van der Waals surface area contributed by atoms with Gasteiger partial charge in [0.15, 0.2) is 11.1 Å². The molecule has 0 saturated heterocycles. The maximum Gasteiger partial charge on any atom is 0.510 e. The van der Waals surface area contributed by atoms with Crippen molar-refractivity contribution in [3.8, 4) is 0 Å². The number of halogens is 2. The Hall–Kier alpha value is -1.73. The van der Waals surface area contributed by atoms with E-state index in [1.807, 2.05) is 0 Å². The van der Waals surface area contributed by atoms with Crippen molar-refractivity contribution in [1.29, 1.82) is 0 Å². The molecule has 0 aliphatic rings. The van der Waals surface area contributed by atoms with Crippen LogP contribution < -0.4 is 4.90 Å². The summed E-state index contributed by atoms with van der Waals surface area (Å²) in [6.45, 7) is 2.86. The van der Waals surface area contributed by atoms with Gasteiger partial charge in [0, 0.05) is 18.8 Å². The quantitative estimate of drug-likeness (QED) is 0.597. The van der Waals surface area contributed by atoms with E-state index in [0.717, 1.165) is 4.90 Å². The van der Waals surface area contributed by atoms with Gasteiger partial charge < -0.3 is 14.2 Å². The summed E-state index contributed by atoms with van der Waals surface area (Å²) in [6, 6.07) is 3.29. The van der Waals surface area contributed by atoms with Gasteiger partial charge >= 0.3 is 12.2 Å². The van der Waals surface area contributed by atoms with Crippen molar-refractivity contribution in [3.63, 3.8) is 0 Å². The SMILES string of the molecule is CC(Cl)OC(=O)OCc1cccnc1N(C)C(=O)OC(C)Cl. The Bertz CT molecular complexity index is 525. The molecule has 7 nitrogen and oxygen atoms in total. The van der Waals surface area contributed by atoms with E-state index < -0.39 is 23.4 Å². The summed E-state index contributed by atoms with van der Waals surface area (Å²) < 4.78 is 14.4. The fraction of sp³-hybridized carbons (Fsp3) is 0.462. The first-order valence-corrected chi connectivity index (χ1v) is 7.18. The molecule has 122 valence electrons. The molecule has 1 rings (SSSR count). The molecule has 1 amide bonds. The van der Waals surface area contributed by atoms with E-state index in [0.29, 0.717) is 5.56 Å². The minimum Gasteiger partial charge on any atom is -0.430 e. The fourth-order valence-corrected chi connectivity index (χ4v) is 1.60. The number of carbonyl (C=O) groups excluding carboxylic acids is 2. The molecule has 0 radical (unpaired) electrons. The lowest BCUT2D eigenvalue weighted by Crippen LogP contribution is -2.30. The zero-order valence-corrected chi connectivity index (χ0v) is 13.8. The minimum atomic E-state index is -0.920. The lowest BCUT2D eigenvalue weighted by atomic mass is 10.2. The second-order valence-electron chi connectivity index (χ2n) is 4.17. The van der Waals surface area contributed by atoms with Crippen LogP contribution in [0.1, 0.15) is 19.4 Å². The van der Waals surface area contributed by atoms with Gasteiger partial charge in [-0.25, -0.2) is 14.6 Å². The Morgan fingerprint density at radius 2 is 1.91 bits per heavy atom. The van der Waals surface area contributed by atoms with Crippen LogP contribution >= 0.6 is 23.2 Å². The molecule has 0 saturated carbocycles. The third-order valence-corrected chi connectivity index (χ3v) is 2.50. The van der Waals surface area contributed by atoms with Gasteiger partial charge in [0.25, 0.3) is 0 Å². The Balaban J connectivity index is 2.77. The summed E-state index contributed by atoms with van der Waals surface area (Å²) in [4.78, 5) is 28.4. The van der Waals surface area contributed by atoms with Crippen molar-refractivity contribution >= 4 is 41.3 Å². The number of carbonyl (C=O) groups is 2. The molecule has 1 heterocycles. The van der Waals surface area contributed by atoms with Gasteiger partial charge in [-0.2, -0.15) is 0 Å². The smallest absolute Gasteiger partial charge is 0.430 e. The molecular weight excluding hydrogens is 335 g/mol. The number of hydrogen-bond acceptors (Lipinski definition) is 6. The van der Waals surface area contributed by atoms with Crippen molar-refractivity contribution in [1.82, 2.24) is 4.98 Å². The highest BCUT2D eigenvalue weighted by molar-refractivity contribution is 6.20.